The number of carbonyl (C=O) groups excluding carboxylic acids is 1. The van der Waals surface area contributed by atoms with E-state index in [1.807, 2.05) is 18.2 Å². The SMILES string of the molecule is O=C(/C=C/c1cccc(O)c1)NC1CCC2(O)CN(CC3CC3)CCC2(c2cccc(O)c2)C1. The lowest BCUT2D eigenvalue weighted by Gasteiger charge is -2.58. The van der Waals surface area contributed by atoms with Crippen LogP contribution < -0.4 is 5.32 Å². The summed E-state index contributed by atoms with van der Waals surface area (Å²) in [5, 5.41) is 35.0. The number of carbonyl (C=O) groups is 1. The van der Waals surface area contributed by atoms with Gasteiger partial charge >= 0.3 is 0 Å². The van der Waals surface area contributed by atoms with E-state index in [2.05, 4.69) is 10.2 Å². The molecule has 2 aromatic rings. The molecule has 3 unspecified atom stereocenters. The zero-order chi connectivity index (χ0) is 23.8. The zero-order valence-electron chi connectivity index (χ0n) is 19.5. The third-order valence-corrected chi connectivity index (χ3v) is 7.99. The van der Waals surface area contributed by atoms with Crippen LogP contribution in [0.2, 0.25) is 0 Å². The predicted molar refractivity (Wildman–Crippen MR) is 131 cm³/mol. The molecule has 34 heavy (non-hydrogen) atoms. The third kappa shape index (κ3) is 4.70. The Morgan fingerprint density at radius 1 is 1.06 bits per heavy atom. The summed E-state index contributed by atoms with van der Waals surface area (Å²) in [4.78, 5) is 15.1. The quantitative estimate of drug-likeness (QED) is 0.493. The molecule has 6 heteroatoms. The Hall–Kier alpha value is -2.83. The number of aromatic hydroxyl groups is 2. The number of fused-ring (bicyclic) bond motifs is 1. The van der Waals surface area contributed by atoms with Gasteiger partial charge < -0.3 is 25.5 Å². The van der Waals surface area contributed by atoms with Crippen molar-refractivity contribution in [1.29, 1.82) is 0 Å². The van der Waals surface area contributed by atoms with Gasteiger partial charge in [-0.2, -0.15) is 0 Å². The maximum atomic E-state index is 12.7. The van der Waals surface area contributed by atoms with Crippen LogP contribution in [0.1, 0.15) is 49.7 Å². The summed E-state index contributed by atoms with van der Waals surface area (Å²) in [7, 11) is 0. The molecule has 180 valence electrons. The molecule has 4 N–H and O–H groups in total. The highest BCUT2D eigenvalue weighted by Crippen LogP contribution is 2.52. The van der Waals surface area contributed by atoms with Crippen molar-refractivity contribution in [2.45, 2.75) is 55.6 Å². The average Bonchev–Trinajstić information content (AvgIpc) is 3.62. The average molecular weight is 463 g/mol. The molecule has 1 saturated heterocycles. The summed E-state index contributed by atoms with van der Waals surface area (Å²) < 4.78 is 0. The number of benzene rings is 2. The topological polar surface area (TPSA) is 93.0 Å². The smallest absolute Gasteiger partial charge is 0.244 e. The molecule has 2 aromatic carbocycles. The molecule has 1 heterocycles. The summed E-state index contributed by atoms with van der Waals surface area (Å²) in [6, 6.07) is 14.0. The molecule has 0 spiro atoms. The fraction of sp³-hybridized carbons (Fsp3) is 0.464. The van der Waals surface area contributed by atoms with E-state index in [-0.39, 0.29) is 23.4 Å². The minimum Gasteiger partial charge on any atom is -0.508 e. The third-order valence-electron chi connectivity index (χ3n) is 7.99. The molecule has 2 saturated carbocycles. The number of likely N-dealkylation sites (tertiary alicyclic amines) is 1. The standard InChI is InChI=1S/C28H34N2O4/c31-24-5-1-3-20(15-24)9-10-26(33)29-23-11-12-28(34)19-30(18-21-7-8-21)14-13-27(28,17-23)22-4-2-6-25(32)16-22/h1-6,9-10,15-16,21,23,31-32,34H,7-8,11-14,17-19H2,(H,29,33)/b10-9+. The first-order chi connectivity index (χ1) is 16.3. The molecule has 0 bridgehead atoms. The van der Waals surface area contributed by atoms with Crippen LogP contribution in [0.15, 0.2) is 54.6 Å². The van der Waals surface area contributed by atoms with Gasteiger partial charge in [-0.1, -0.05) is 24.3 Å². The van der Waals surface area contributed by atoms with Crippen LogP contribution in [0.4, 0.5) is 0 Å². The Bertz CT molecular complexity index is 1080. The molecule has 6 nitrogen and oxygen atoms in total. The highest BCUT2D eigenvalue weighted by Gasteiger charge is 2.57. The molecule has 3 fully saturated rings. The lowest BCUT2D eigenvalue weighted by Crippen LogP contribution is -2.67. The second-order valence-electron chi connectivity index (χ2n) is 10.5. The van der Waals surface area contributed by atoms with E-state index >= 15 is 0 Å². The molecule has 3 atom stereocenters. The normalized spacial score (nSPS) is 29.6. The van der Waals surface area contributed by atoms with Crippen LogP contribution in [0.3, 0.4) is 0 Å². The minimum atomic E-state index is -0.896. The summed E-state index contributed by atoms with van der Waals surface area (Å²) in [5.74, 6) is 0.951. The first kappa shape index (κ1) is 22.9. The van der Waals surface area contributed by atoms with Gasteiger partial charge in [-0.25, -0.2) is 0 Å². The molecule has 2 aliphatic carbocycles. The van der Waals surface area contributed by atoms with Gasteiger partial charge in [-0.05, 0) is 92.5 Å². The summed E-state index contributed by atoms with van der Waals surface area (Å²) in [5.41, 5.74) is 0.298. The Labute approximate surface area is 200 Å². The van der Waals surface area contributed by atoms with E-state index in [9.17, 15) is 20.1 Å². The molecule has 1 aliphatic heterocycles. The van der Waals surface area contributed by atoms with E-state index in [4.69, 9.17) is 0 Å². The molecular weight excluding hydrogens is 428 g/mol. The predicted octanol–water partition coefficient (Wildman–Crippen LogP) is 3.56. The molecular formula is C28H34N2O4. The van der Waals surface area contributed by atoms with E-state index in [1.165, 1.54) is 18.9 Å². The van der Waals surface area contributed by atoms with Crippen LogP contribution in [0.5, 0.6) is 11.5 Å². The number of amides is 1. The van der Waals surface area contributed by atoms with E-state index in [1.54, 1.807) is 36.4 Å². The highest BCUT2D eigenvalue weighted by atomic mass is 16.3. The van der Waals surface area contributed by atoms with E-state index in [0.717, 1.165) is 36.6 Å². The number of piperidine rings is 1. The van der Waals surface area contributed by atoms with Crippen molar-refractivity contribution in [3.8, 4) is 11.5 Å². The molecule has 5 rings (SSSR count). The number of rotatable bonds is 6. The lowest BCUT2D eigenvalue weighted by atomic mass is 9.55. The van der Waals surface area contributed by atoms with Gasteiger partial charge in [0.05, 0.1) is 5.60 Å². The van der Waals surface area contributed by atoms with E-state index < -0.39 is 11.0 Å². The number of nitrogens with zero attached hydrogens (tertiary/aromatic N) is 1. The van der Waals surface area contributed by atoms with Crippen molar-refractivity contribution in [3.63, 3.8) is 0 Å². The number of β-amino-alcohol motifs (C(OH)–C–C–N with tert-alkyl or cyclic N) is 1. The van der Waals surface area contributed by atoms with Crippen LogP contribution in [-0.4, -0.2) is 57.4 Å². The fourth-order valence-corrected chi connectivity index (χ4v) is 6.06. The number of phenolic OH excluding ortho intramolecular Hbond substituents is 2. The number of hydrogen-bond acceptors (Lipinski definition) is 5. The van der Waals surface area contributed by atoms with Crippen molar-refractivity contribution >= 4 is 12.0 Å². The van der Waals surface area contributed by atoms with E-state index in [0.29, 0.717) is 25.8 Å². The second-order valence-corrected chi connectivity index (χ2v) is 10.5. The minimum absolute atomic E-state index is 0.0704. The van der Waals surface area contributed by atoms with Crippen molar-refractivity contribution in [1.82, 2.24) is 10.2 Å². The van der Waals surface area contributed by atoms with Gasteiger partial charge in [0.2, 0.25) is 5.91 Å². The van der Waals surface area contributed by atoms with Gasteiger partial charge in [-0.3, -0.25) is 4.79 Å². The van der Waals surface area contributed by atoms with Gasteiger partial charge in [0.1, 0.15) is 11.5 Å². The first-order valence-corrected chi connectivity index (χ1v) is 12.4. The number of nitrogens with one attached hydrogen (secondary N) is 1. The summed E-state index contributed by atoms with van der Waals surface area (Å²) in [6.07, 6.45) is 8.50. The lowest BCUT2D eigenvalue weighted by molar-refractivity contribution is -0.132. The summed E-state index contributed by atoms with van der Waals surface area (Å²) in [6.45, 7) is 2.60. The molecule has 0 aromatic heterocycles. The van der Waals surface area contributed by atoms with Gasteiger partial charge in [0, 0.05) is 30.6 Å². The van der Waals surface area contributed by atoms with Crippen LogP contribution in [0.25, 0.3) is 6.08 Å². The summed E-state index contributed by atoms with van der Waals surface area (Å²) >= 11 is 0. The van der Waals surface area contributed by atoms with Crippen LogP contribution in [-0.2, 0) is 10.2 Å². The fourth-order valence-electron chi connectivity index (χ4n) is 6.06. The van der Waals surface area contributed by atoms with Crippen LogP contribution in [0, 0.1) is 5.92 Å². The zero-order valence-corrected chi connectivity index (χ0v) is 19.5. The Morgan fingerprint density at radius 2 is 1.82 bits per heavy atom. The van der Waals surface area contributed by atoms with Crippen molar-refractivity contribution in [2.24, 2.45) is 5.92 Å². The molecule has 1 amide bonds. The Morgan fingerprint density at radius 3 is 2.56 bits per heavy atom. The van der Waals surface area contributed by atoms with Crippen molar-refractivity contribution in [3.05, 3.63) is 65.7 Å². The highest BCUT2D eigenvalue weighted by molar-refractivity contribution is 5.92. The van der Waals surface area contributed by atoms with Crippen LogP contribution >= 0.6 is 0 Å². The largest absolute Gasteiger partial charge is 0.508 e. The number of hydrogen-bond donors (Lipinski definition) is 4. The second kappa shape index (κ2) is 9.08. The Kier molecular flexibility index (Phi) is 6.13. The van der Waals surface area contributed by atoms with Gasteiger partial charge in [0.15, 0.2) is 0 Å². The monoisotopic (exact) mass is 462 g/mol. The maximum absolute atomic E-state index is 12.7. The van der Waals surface area contributed by atoms with Gasteiger partial charge in [-0.15, -0.1) is 0 Å². The number of aliphatic hydroxyl groups is 1. The Balaban J connectivity index is 1.35. The first-order valence-electron chi connectivity index (χ1n) is 12.4. The maximum Gasteiger partial charge on any atom is 0.244 e. The van der Waals surface area contributed by atoms with Crippen molar-refractivity contribution in [2.75, 3.05) is 19.6 Å². The number of phenols is 2. The van der Waals surface area contributed by atoms with Crippen molar-refractivity contribution < 1.29 is 20.1 Å². The van der Waals surface area contributed by atoms with Gasteiger partial charge in [0.25, 0.3) is 0 Å². The molecule has 3 aliphatic rings. The molecule has 0 radical (unpaired) electrons.